The molecule has 0 aliphatic rings. The van der Waals surface area contributed by atoms with E-state index in [1.165, 1.54) is 0 Å². The summed E-state index contributed by atoms with van der Waals surface area (Å²) in [5.74, 6) is -0.137. The van der Waals surface area contributed by atoms with Crippen molar-refractivity contribution >= 4 is 23.3 Å². The molecule has 1 amide bonds. The van der Waals surface area contributed by atoms with Gasteiger partial charge in [0, 0.05) is 17.9 Å². The van der Waals surface area contributed by atoms with Crippen molar-refractivity contribution in [3.05, 3.63) is 35.4 Å². The topological polar surface area (TPSA) is 80.4 Å². The number of ketones is 1. The predicted molar refractivity (Wildman–Crippen MR) is 74.4 cm³/mol. The van der Waals surface area contributed by atoms with Gasteiger partial charge in [0.25, 0.3) is 0 Å². The van der Waals surface area contributed by atoms with Crippen molar-refractivity contribution in [1.29, 1.82) is 0 Å². The van der Waals surface area contributed by atoms with Gasteiger partial charge in [-0.05, 0) is 18.9 Å². The highest BCUT2D eigenvalue weighted by molar-refractivity contribution is 6.18. The lowest BCUT2D eigenvalue weighted by atomic mass is 9.82. The van der Waals surface area contributed by atoms with Crippen molar-refractivity contribution in [2.45, 2.75) is 25.2 Å². The smallest absolute Gasteiger partial charge is 0.230 e. The molecule has 104 valence electrons. The van der Waals surface area contributed by atoms with Crippen LogP contribution in [0.25, 0.3) is 0 Å². The summed E-state index contributed by atoms with van der Waals surface area (Å²) in [6.07, 6.45) is 1.04. The summed E-state index contributed by atoms with van der Waals surface area (Å²) in [5.41, 5.74) is 5.33. The van der Waals surface area contributed by atoms with Crippen LogP contribution in [0.3, 0.4) is 0 Å². The Balaban J connectivity index is 2.93. The van der Waals surface area contributed by atoms with Crippen LogP contribution in [0.1, 0.15) is 35.7 Å². The Labute approximate surface area is 117 Å². The molecule has 0 fully saturated rings. The Morgan fingerprint density at radius 2 is 1.89 bits per heavy atom. The number of aliphatic hydroxyl groups is 1. The first-order valence-corrected chi connectivity index (χ1v) is 6.59. The van der Waals surface area contributed by atoms with Gasteiger partial charge in [-0.1, -0.05) is 24.3 Å². The molecule has 0 saturated carbocycles. The van der Waals surface area contributed by atoms with Crippen LogP contribution in [0.2, 0.25) is 0 Å². The van der Waals surface area contributed by atoms with E-state index in [0.717, 1.165) is 0 Å². The van der Waals surface area contributed by atoms with Crippen LogP contribution in [0, 0.1) is 0 Å². The Kier molecular flexibility index (Phi) is 5.51. The Hall–Kier alpha value is -1.39. The number of hydrogen-bond acceptors (Lipinski definition) is 3. The molecule has 1 aromatic carbocycles. The zero-order valence-corrected chi connectivity index (χ0v) is 11.6. The van der Waals surface area contributed by atoms with E-state index in [1.807, 2.05) is 0 Å². The molecule has 0 heterocycles. The summed E-state index contributed by atoms with van der Waals surface area (Å²) in [6, 6.07) is 6.58. The molecule has 0 saturated heterocycles. The molecule has 0 spiro atoms. The molecule has 0 aromatic heterocycles. The lowest BCUT2D eigenvalue weighted by Gasteiger charge is -2.23. The van der Waals surface area contributed by atoms with Gasteiger partial charge in [0.05, 0.1) is 12.0 Å². The first-order valence-electron chi connectivity index (χ1n) is 6.06. The maximum atomic E-state index is 11.8. The molecule has 5 heteroatoms. The molecule has 19 heavy (non-hydrogen) atoms. The number of hydrogen-bond donors (Lipinski definition) is 2. The number of primary amides is 1. The zero-order valence-electron chi connectivity index (χ0n) is 10.9. The second-order valence-electron chi connectivity index (χ2n) is 4.65. The molecule has 4 nitrogen and oxygen atoms in total. The summed E-state index contributed by atoms with van der Waals surface area (Å²) in [6.45, 7) is 1.20. The number of amides is 1. The summed E-state index contributed by atoms with van der Waals surface area (Å²) in [7, 11) is 0. The molecule has 3 N–H and O–H groups in total. The van der Waals surface area contributed by atoms with E-state index in [0.29, 0.717) is 29.8 Å². The maximum Gasteiger partial charge on any atom is 0.230 e. The standard InChI is InChI=1S/C14H18ClNO3/c1-14(9-17,13(16)19)11-6-4-10(5-7-11)12(18)3-2-8-15/h4-7,17H,2-3,8-9H2,1H3,(H2,16,19). The predicted octanol–water partition coefficient (Wildman–Crippen LogP) is 1.62. The van der Waals surface area contributed by atoms with E-state index in [1.54, 1.807) is 31.2 Å². The molecular formula is C14H18ClNO3. The Morgan fingerprint density at radius 1 is 1.32 bits per heavy atom. The van der Waals surface area contributed by atoms with Gasteiger partial charge in [0.1, 0.15) is 0 Å². The number of benzene rings is 1. The maximum absolute atomic E-state index is 11.8. The van der Waals surface area contributed by atoms with Gasteiger partial charge in [0.15, 0.2) is 5.78 Å². The van der Waals surface area contributed by atoms with Crippen molar-refractivity contribution in [2.75, 3.05) is 12.5 Å². The summed E-state index contributed by atoms with van der Waals surface area (Å²) in [4.78, 5) is 23.2. The van der Waals surface area contributed by atoms with Crippen LogP contribution < -0.4 is 5.73 Å². The Morgan fingerprint density at radius 3 is 2.32 bits per heavy atom. The number of carbonyl (C=O) groups is 2. The van der Waals surface area contributed by atoms with Crippen LogP contribution >= 0.6 is 11.6 Å². The third-order valence-electron chi connectivity index (χ3n) is 3.24. The third kappa shape index (κ3) is 3.55. The van der Waals surface area contributed by atoms with E-state index in [-0.39, 0.29) is 12.4 Å². The van der Waals surface area contributed by atoms with Crippen molar-refractivity contribution in [1.82, 2.24) is 0 Å². The summed E-state index contributed by atoms with van der Waals surface area (Å²) >= 11 is 5.54. The molecule has 0 bridgehead atoms. The molecular weight excluding hydrogens is 266 g/mol. The average Bonchev–Trinajstić information content (AvgIpc) is 2.43. The number of halogens is 1. The normalized spacial score (nSPS) is 13.8. The highest BCUT2D eigenvalue weighted by Gasteiger charge is 2.32. The number of aliphatic hydroxyl groups excluding tert-OH is 1. The molecule has 0 aliphatic carbocycles. The second kappa shape index (κ2) is 6.68. The zero-order chi connectivity index (χ0) is 14.5. The minimum Gasteiger partial charge on any atom is -0.395 e. The van der Waals surface area contributed by atoms with Crippen molar-refractivity contribution < 1.29 is 14.7 Å². The number of nitrogens with two attached hydrogens (primary N) is 1. The van der Waals surface area contributed by atoms with E-state index < -0.39 is 11.3 Å². The van der Waals surface area contributed by atoms with Crippen molar-refractivity contribution in [3.8, 4) is 0 Å². The number of Topliss-reactive ketones (excluding diaryl/α,β-unsaturated/α-hetero) is 1. The number of rotatable bonds is 7. The second-order valence-corrected chi connectivity index (χ2v) is 5.03. The highest BCUT2D eigenvalue weighted by atomic mass is 35.5. The lowest BCUT2D eigenvalue weighted by molar-refractivity contribution is -0.124. The quantitative estimate of drug-likeness (QED) is 0.589. The Bertz CT molecular complexity index is 458. The molecule has 1 unspecified atom stereocenters. The SMILES string of the molecule is CC(CO)(C(N)=O)c1ccc(C(=O)CCCCl)cc1. The van der Waals surface area contributed by atoms with Gasteiger partial charge in [-0.25, -0.2) is 0 Å². The fourth-order valence-corrected chi connectivity index (χ4v) is 1.84. The van der Waals surface area contributed by atoms with Crippen LogP contribution in [-0.4, -0.2) is 29.3 Å². The van der Waals surface area contributed by atoms with Crippen LogP contribution in [0.4, 0.5) is 0 Å². The minimum atomic E-state index is -1.13. The fraction of sp³-hybridized carbons (Fsp3) is 0.429. The van der Waals surface area contributed by atoms with Gasteiger partial charge in [0.2, 0.25) is 5.91 Å². The first kappa shape index (κ1) is 15.7. The largest absolute Gasteiger partial charge is 0.395 e. The van der Waals surface area contributed by atoms with Crippen LogP contribution in [0.5, 0.6) is 0 Å². The van der Waals surface area contributed by atoms with Crippen molar-refractivity contribution in [2.24, 2.45) is 5.73 Å². The highest BCUT2D eigenvalue weighted by Crippen LogP contribution is 2.23. The van der Waals surface area contributed by atoms with Crippen LogP contribution in [-0.2, 0) is 10.2 Å². The molecule has 1 rings (SSSR count). The summed E-state index contributed by atoms with van der Waals surface area (Å²) in [5, 5.41) is 9.32. The molecule has 1 atom stereocenters. The minimum absolute atomic E-state index is 0.0111. The monoisotopic (exact) mass is 283 g/mol. The summed E-state index contributed by atoms with van der Waals surface area (Å²) < 4.78 is 0. The lowest BCUT2D eigenvalue weighted by Crippen LogP contribution is -2.41. The van der Waals surface area contributed by atoms with Crippen LogP contribution in [0.15, 0.2) is 24.3 Å². The van der Waals surface area contributed by atoms with Gasteiger partial charge in [-0.3, -0.25) is 9.59 Å². The van der Waals surface area contributed by atoms with Gasteiger partial charge in [-0.15, -0.1) is 11.6 Å². The van der Waals surface area contributed by atoms with Gasteiger partial charge in [-0.2, -0.15) is 0 Å². The van der Waals surface area contributed by atoms with E-state index in [4.69, 9.17) is 17.3 Å². The van der Waals surface area contributed by atoms with Gasteiger partial charge < -0.3 is 10.8 Å². The number of alkyl halides is 1. The van der Waals surface area contributed by atoms with Gasteiger partial charge >= 0.3 is 0 Å². The fourth-order valence-electron chi connectivity index (χ4n) is 1.71. The number of carbonyl (C=O) groups excluding carboxylic acids is 2. The van der Waals surface area contributed by atoms with Crippen molar-refractivity contribution in [3.63, 3.8) is 0 Å². The molecule has 1 aromatic rings. The molecule has 0 aliphatic heterocycles. The average molecular weight is 284 g/mol. The van der Waals surface area contributed by atoms with E-state index in [9.17, 15) is 14.7 Å². The van der Waals surface area contributed by atoms with E-state index >= 15 is 0 Å². The third-order valence-corrected chi connectivity index (χ3v) is 3.51. The first-order chi connectivity index (χ1) is 8.95. The van der Waals surface area contributed by atoms with E-state index in [2.05, 4.69) is 0 Å². The molecule has 0 radical (unpaired) electrons.